The third kappa shape index (κ3) is 1.17. The second-order valence-electron chi connectivity index (χ2n) is 4.82. The van der Waals surface area contributed by atoms with E-state index in [4.69, 9.17) is 4.99 Å². The van der Waals surface area contributed by atoms with Gasteiger partial charge in [-0.1, -0.05) is 30.3 Å². The van der Waals surface area contributed by atoms with Gasteiger partial charge in [0.1, 0.15) is 12.8 Å². The van der Waals surface area contributed by atoms with Crippen LogP contribution in [0.2, 0.25) is 0 Å². The third-order valence-electron chi connectivity index (χ3n) is 3.69. The van der Waals surface area contributed by atoms with Crippen molar-refractivity contribution < 1.29 is 0 Å². The first-order chi connectivity index (χ1) is 8.84. The van der Waals surface area contributed by atoms with Crippen LogP contribution in [0.15, 0.2) is 53.5 Å². The molecule has 0 saturated heterocycles. The Bertz CT molecular complexity index is 813. The topological polar surface area (TPSA) is 15.4 Å². The summed E-state index contributed by atoms with van der Waals surface area (Å²) in [4.78, 5) is 4.76. The van der Waals surface area contributed by atoms with E-state index in [0.29, 0.717) is 0 Å². The molecule has 0 amide bonds. The van der Waals surface area contributed by atoms with E-state index in [0.717, 1.165) is 12.2 Å². The Kier molecular flexibility index (Phi) is 1.84. The Morgan fingerprint density at radius 2 is 1.78 bits per heavy atom. The molecular formula is C16H13N2+. The van der Waals surface area contributed by atoms with Gasteiger partial charge in [0.05, 0.1) is 10.9 Å². The molecule has 4 rings (SSSR count). The standard InChI is InChI=1S/C16H13N2/c1-18-10-14-16(12-7-3-5-9-15(12)18)11-6-2-4-8-13(11)17-14/h2-9H,10H2,1H3/q+1. The number of hydrogen-bond donors (Lipinski definition) is 0. The minimum Gasteiger partial charge on any atom is -0.245 e. The first-order valence-electron chi connectivity index (χ1n) is 6.19. The van der Waals surface area contributed by atoms with Gasteiger partial charge in [0, 0.05) is 17.2 Å². The lowest BCUT2D eigenvalue weighted by molar-refractivity contribution is 0.754. The SMILES string of the molecule is C[N+]1=c2ccccc2=C2C(=Nc3ccccc32)C1. The molecule has 0 N–H and O–H groups in total. The van der Waals surface area contributed by atoms with Crippen LogP contribution in [0.5, 0.6) is 0 Å². The first kappa shape index (κ1) is 9.77. The monoisotopic (exact) mass is 233 g/mol. The Morgan fingerprint density at radius 3 is 2.72 bits per heavy atom. The largest absolute Gasteiger partial charge is 0.245 e. The average Bonchev–Trinajstić information content (AvgIpc) is 2.77. The summed E-state index contributed by atoms with van der Waals surface area (Å²) in [6.07, 6.45) is 0. The zero-order valence-corrected chi connectivity index (χ0v) is 10.2. The minimum absolute atomic E-state index is 0.890. The van der Waals surface area contributed by atoms with Crippen LogP contribution in [0, 0.1) is 0 Å². The molecule has 2 aromatic rings. The number of rotatable bonds is 0. The lowest BCUT2D eigenvalue weighted by Gasteiger charge is -2.08. The van der Waals surface area contributed by atoms with Crippen molar-refractivity contribution in [1.82, 2.24) is 4.58 Å². The average molecular weight is 233 g/mol. The Balaban J connectivity index is 2.23. The van der Waals surface area contributed by atoms with Crippen LogP contribution < -0.4 is 15.2 Å². The maximum absolute atomic E-state index is 4.76. The second kappa shape index (κ2) is 3.39. The van der Waals surface area contributed by atoms with E-state index in [1.54, 1.807) is 0 Å². The molecule has 86 valence electrons. The van der Waals surface area contributed by atoms with E-state index in [-0.39, 0.29) is 0 Å². The lowest BCUT2D eigenvalue weighted by atomic mass is 9.98. The molecule has 2 heteroatoms. The van der Waals surface area contributed by atoms with Crippen LogP contribution in [0.25, 0.3) is 5.57 Å². The molecule has 18 heavy (non-hydrogen) atoms. The van der Waals surface area contributed by atoms with Crippen molar-refractivity contribution in [1.29, 1.82) is 0 Å². The minimum atomic E-state index is 0.890. The molecule has 2 heterocycles. The predicted molar refractivity (Wildman–Crippen MR) is 73.8 cm³/mol. The molecule has 2 aliphatic heterocycles. The van der Waals surface area contributed by atoms with Crippen LogP contribution in [-0.2, 0) is 0 Å². The number of benzene rings is 2. The summed E-state index contributed by atoms with van der Waals surface area (Å²) in [5, 5.41) is 2.60. The second-order valence-corrected chi connectivity index (χ2v) is 4.82. The number of hydrogen-bond acceptors (Lipinski definition) is 1. The van der Waals surface area contributed by atoms with Crippen LogP contribution in [0.4, 0.5) is 5.69 Å². The summed E-state index contributed by atoms with van der Waals surface area (Å²) >= 11 is 0. The van der Waals surface area contributed by atoms with Crippen molar-refractivity contribution in [3.8, 4) is 0 Å². The van der Waals surface area contributed by atoms with E-state index in [1.165, 1.54) is 27.4 Å². The van der Waals surface area contributed by atoms with Gasteiger partial charge in [-0.05, 0) is 12.1 Å². The lowest BCUT2D eigenvalue weighted by Crippen LogP contribution is -2.46. The Morgan fingerprint density at radius 1 is 1.00 bits per heavy atom. The van der Waals surface area contributed by atoms with Crippen molar-refractivity contribution >= 4 is 17.0 Å². The highest BCUT2D eigenvalue weighted by Crippen LogP contribution is 2.32. The van der Waals surface area contributed by atoms with Crippen LogP contribution in [0.3, 0.4) is 0 Å². The van der Waals surface area contributed by atoms with E-state index in [9.17, 15) is 0 Å². The summed E-state index contributed by atoms with van der Waals surface area (Å²) in [5.41, 5.74) is 4.89. The molecule has 0 unspecified atom stereocenters. The summed E-state index contributed by atoms with van der Waals surface area (Å²) in [7, 11) is 2.13. The van der Waals surface area contributed by atoms with Gasteiger partial charge in [0.15, 0.2) is 6.54 Å². The Hall–Kier alpha value is -2.22. The molecule has 0 aliphatic carbocycles. The molecule has 0 fully saturated rings. The summed E-state index contributed by atoms with van der Waals surface area (Å²) in [6, 6.07) is 17.0. The molecule has 0 saturated carbocycles. The van der Waals surface area contributed by atoms with E-state index < -0.39 is 0 Å². The van der Waals surface area contributed by atoms with E-state index in [2.05, 4.69) is 60.2 Å². The van der Waals surface area contributed by atoms with Gasteiger partial charge < -0.3 is 0 Å². The quantitative estimate of drug-likeness (QED) is 0.606. The predicted octanol–water partition coefficient (Wildman–Crippen LogP) is 1.11. The van der Waals surface area contributed by atoms with Crippen LogP contribution >= 0.6 is 0 Å². The fraction of sp³-hybridized carbons (Fsp3) is 0.125. The van der Waals surface area contributed by atoms with Crippen molar-refractivity contribution in [3.05, 3.63) is 64.7 Å². The number of para-hydroxylation sites is 2. The van der Waals surface area contributed by atoms with Crippen LogP contribution in [-0.4, -0.2) is 19.3 Å². The highest BCUT2D eigenvalue weighted by atomic mass is 15.0. The highest BCUT2D eigenvalue weighted by Gasteiger charge is 2.27. The molecule has 0 spiro atoms. The highest BCUT2D eigenvalue weighted by molar-refractivity contribution is 6.29. The van der Waals surface area contributed by atoms with Gasteiger partial charge in [-0.2, -0.15) is 0 Å². The molecule has 2 nitrogen and oxygen atoms in total. The van der Waals surface area contributed by atoms with Crippen molar-refractivity contribution in [2.24, 2.45) is 4.99 Å². The van der Waals surface area contributed by atoms with Crippen molar-refractivity contribution in [2.75, 3.05) is 13.6 Å². The molecule has 0 radical (unpaired) electrons. The van der Waals surface area contributed by atoms with E-state index in [1.807, 2.05) is 0 Å². The maximum atomic E-state index is 4.76. The first-order valence-corrected chi connectivity index (χ1v) is 6.19. The number of fused-ring (bicyclic) bond motifs is 4. The normalized spacial score (nSPS) is 15.9. The maximum Gasteiger partial charge on any atom is 0.208 e. The zero-order valence-electron chi connectivity index (χ0n) is 10.2. The van der Waals surface area contributed by atoms with Crippen LogP contribution in [0.1, 0.15) is 5.56 Å². The zero-order chi connectivity index (χ0) is 12.1. The van der Waals surface area contributed by atoms with Gasteiger partial charge in [-0.25, -0.2) is 9.57 Å². The Labute approximate surface area is 105 Å². The number of aliphatic imine (C=N–C) groups is 1. The molecule has 0 bridgehead atoms. The summed E-state index contributed by atoms with van der Waals surface area (Å²) < 4.78 is 2.27. The van der Waals surface area contributed by atoms with Gasteiger partial charge in [0.25, 0.3) is 0 Å². The van der Waals surface area contributed by atoms with Gasteiger partial charge in [0.2, 0.25) is 5.36 Å². The van der Waals surface area contributed by atoms with Gasteiger partial charge in [-0.3, -0.25) is 0 Å². The summed E-state index contributed by atoms with van der Waals surface area (Å²) in [5.74, 6) is 0. The van der Waals surface area contributed by atoms with Gasteiger partial charge in [-0.15, -0.1) is 0 Å². The van der Waals surface area contributed by atoms with Crippen molar-refractivity contribution in [3.63, 3.8) is 0 Å². The van der Waals surface area contributed by atoms with Gasteiger partial charge >= 0.3 is 0 Å². The smallest absolute Gasteiger partial charge is 0.208 e. The fourth-order valence-electron chi connectivity index (χ4n) is 2.88. The third-order valence-corrected chi connectivity index (χ3v) is 3.69. The number of nitrogens with zero attached hydrogens (tertiary/aromatic N) is 2. The van der Waals surface area contributed by atoms with Crippen molar-refractivity contribution in [2.45, 2.75) is 0 Å². The van der Waals surface area contributed by atoms with E-state index >= 15 is 0 Å². The summed E-state index contributed by atoms with van der Waals surface area (Å²) in [6.45, 7) is 0.890. The molecule has 0 aromatic heterocycles. The fourth-order valence-corrected chi connectivity index (χ4v) is 2.88. The molecule has 2 aromatic carbocycles. The molecule has 2 aliphatic rings. The molecule has 0 atom stereocenters. The molecular weight excluding hydrogens is 220 g/mol.